The minimum atomic E-state index is -0.421. The van der Waals surface area contributed by atoms with Crippen LogP contribution in [0.5, 0.6) is 0 Å². The number of rotatable bonds is 1. The van der Waals surface area contributed by atoms with E-state index in [-0.39, 0.29) is 0 Å². The van der Waals surface area contributed by atoms with E-state index in [1.807, 2.05) is 0 Å². The van der Waals surface area contributed by atoms with Crippen molar-refractivity contribution < 1.29 is 9.53 Å². The van der Waals surface area contributed by atoms with Crippen molar-refractivity contribution in [2.75, 3.05) is 7.11 Å². The van der Waals surface area contributed by atoms with Gasteiger partial charge in [-0.25, -0.2) is 14.8 Å². The number of carbonyl (C=O) groups excluding carboxylic acids is 1. The van der Waals surface area contributed by atoms with Crippen LogP contribution >= 0.6 is 11.3 Å². The molecule has 0 spiro atoms. The van der Waals surface area contributed by atoms with Crippen molar-refractivity contribution in [2.45, 2.75) is 0 Å². The fourth-order valence-electron chi connectivity index (χ4n) is 0.969. The number of thiazole rings is 1. The summed E-state index contributed by atoms with van der Waals surface area (Å²) in [4.78, 5) is 20.0. The predicted octanol–water partition coefficient (Wildman–Crippen LogP) is 1.48. The lowest BCUT2D eigenvalue weighted by Crippen LogP contribution is -2.03. The first-order chi connectivity index (χ1) is 6.31. The normalized spacial score (nSPS) is 10.2. The number of methoxy groups -OCH3 is 1. The van der Waals surface area contributed by atoms with Gasteiger partial charge in [0.2, 0.25) is 0 Å². The average molecular weight is 194 g/mol. The Morgan fingerprint density at radius 2 is 2.38 bits per heavy atom. The number of esters is 1. The summed E-state index contributed by atoms with van der Waals surface area (Å²) in [5, 5.41) is 0. The third-order valence-electron chi connectivity index (χ3n) is 1.59. The Morgan fingerprint density at radius 3 is 3.15 bits per heavy atom. The second kappa shape index (κ2) is 3.10. The zero-order chi connectivity index (χ0) is 9.26. The van der Waals surface area contributed by atoms with E-state index >= 15 is 0 Å². The third kappa shape index (κ3) is 1.38. The molecule has 0 saturated carbocycles. The molecular formula is C8H6N2O2S. The molecule has 0 saturated heterocycles. The first kappa shape index (κ1) is 8.12. The Kier molecular flexibility index (Phi) is 1.94. The molecule has 0 aliphatic carbocycles. The predicted molar refractivity (Wildman–Crippen MR) is 48.8 cm³/mol. The number of carbonyl (C=O) groups is 1. The molecule has 0 bridgehead atoms. The van der Waals surface area contributed by atoms with Crippen LogP contribution in [-0.4, -0.2) is 23.0 Å². The van der Waals surface area contributed by atoms with Crippen LogP contribution in [-0.2, 0) is 4.74 Å². The Balaban J connectivity index is 2.54. The molecule has 66 valence electrons. The van der Waals surface area contributed by atoms with Gasteiger partial charge < -0.3 is 4.74 Å². The molecular weight excluding hydrogens is 188 g/mol. The molecule has 0 aromatic carbocycles. The number of ether oxygens (including phenoxy) is 1. The number of nitrogens with zero attached hydrogens (tertiary/aromatic N) is 2. The number of pyridine rings is 1. The standard InChI is InChI=1S/C8H6N2O2S/c1-12-8(11)6-3-2-5-7(10-6)13-4-9-5/h2-4H,1H3. The minimum absolute atomic E-state index is 0.319. The van der Waals surface area contributed by atoms with E-state index in [4.69, 9.17) is 0 Å². The third-order valence-corrected chi connectivity index (χ3v) is 2.33. The highest BCUT2D eigenvalue weighted by molar-refractivity contribution is 7.16. The Bertz CT molecular complexity index is 452. The molecule has 0 aliphatic heterocycles. The van der Waals surface area contributed by atoms with Gasteiger partial charge in [0, 0.05) is 0 Å². The van der Waals surface area contributed by atoms with Gasteiger partial charge in [-0.1, -0.05) is 0 Å². The van der Waals surface area contributed by atoms with E-state index < -0.39 is 5.97 Å². The van der Waals surface area contributed by atoms with Gasteiger partial charge in [0.15, 0.2) is 0 Å². The van der Waals surface area contributed by atoms with Crippen LogP contribution in [0.3, 0.4) is 0 Å². The highest BCUT2D eigenvalue weighted by Gasteiger charge is 2.08. The molecule has 13 heavy (non-hydrogen) atoms. The SMILES string of the molecule is COC(=O)c1ccc2ncsc2n1. The molecule has 0 unspecified atom stereocenters. The van der Waals surface area contributed by atoms with Gasteiger partial charge in [0.25, 0.3) is 0 Å². The van der Waals surface area contributed by atoms with Crippen molar-refractivity contribution in [3.63, 3.8) is 0 Å². The lowest BCUT2D eigenvalue weighted by molar-refractivity contribution is 0.0594. The van der Waals surface area contributed by atoms with E-state index in [0.29, 0.717) is 5.69 Å². The second-order valence-corrected chi connectivity index (χ2v) is 3.20. The van der Waals surface area contributed by atoms with Crippen molar-refractivity contribution in [1.82, 2.24) is 9.97 Å². The maximum Gasteiger partial charge on any atom is 0.356 e. The second-order valence-electron chi connectivity index (χ2n) is 2.36. The maximum absolute atomic E-state index is 11.1. The summed E-state index contributed by atoms with van der Waals surface area (Å²) in [7, 11) is 1.33. The molecule has 2 rings (SSSR count). The quantitative estimate of drug-likeness (QED) is 0.645. The van der Waals surface area contributed by atoms with E-state index in [0.717, 1.165) is 10.3 Å². The van der Waals surface area contributed by atoms with Gasteiger partial charge in [-0.3, -0.25) is 0 Å². The molecule has 2 aromatic heterocycles. The molecule has 0 amide bonds. The summed E-state index contributed by atoms with van der Waals surface area (Å²) >= 11 is 1.40. The summed E-state index contributed by atoms with van der Waals surface area (Å²) in [5.41, 5.74) is 2.82. The smallest absolute Gasteiger partial charge is 0.356 e. The zero-order valence-electron chi connectivity index (χ0n) is 6.85. The van der Waals surface area contributed by atoms with Crippen LogP contribution in [0.1, 0.15) is 10.5 Å². The largest absolute Gasteiger partial charge is 0.464 e. The summed E-state index contributed by atoms with van der Waals surface area (Å²) < 4.78 is 4.54. The first-order valence-corrected chi connectivity index (χ1v) is 4.48. The van der Waals surface area contributed by atoms with Gasteiger partial charge in [-0.2, -0.15) is 0 Å². The molecule has 0 radical (unpaired) electrons. The molecule has 0 aliphatic rings. The van der Waals surface area contributed by atoms with Crippen molar-refractivity contribution in [3.8, 4) is 0 Å². The molecule has 2 aromatic rings. The van der Waals surface area contributed by atoms with Crippen LogP contribution in [0.25, 0.3) is 10.3 Å². The van der Waals surface area contributed by atoms with Crippen molar-refractivity contribution in [1.29, 1.82) is 0 Å². The van der Waals surface area contributed by atoms with Crippen LogP contribution < -0.4 is 0 Å². The molecule has 0 N–H and O–H groups in total. The summed E-state index contributed by atoms with van der Waals surface area (Å²) in [6.45, 7) is 0. The highest BCUT2D eigenvalue weighted by atomic mass is 32.1. The average Bonchev–Trinajstić information content (AvgIpc) is 2.63. The minimum Gasteiger partial charge on any atom is -0.464 e. The van der Waals surface area contributed by atoms with Crippen molar-refractivity contribution in [2.24, 2.45) is 0 Å². The van der Waals surface area contributed by atoms with E-state index in [2.05, 4.69) is 14.7 Å². The number of fused-ring (bicyclic) bond motifs is 1. The van der Waals surface area contributed by atoms with Crippen LogP contribution in [0.2, 0.25) is 0 Å². The van der Waals surface area contributed by atoms with E-state index in [1.54, 1.807) is 17.6 Å². The fraction of sp³-hybridized carbons (Fsp3) is 0.125. The fourth-order valence-corrected chi connectivity index (χ4v) is 1.63. The van der Waals surface area contributed by atoms with Crippen molar-refractivity contribution in [3.05, 3.63) is 23.3 Å². The Labute approximate surface area is 78.2 Å². The van der Waals surface area contributed by atoms with Crippen LogP contribution in [0.4, 0.5) is 0 Å². The number of hydrogen-bond donors (Lipinski definition) is 0. The van der Waals surface area contributed by atoms with Crippen molar-refractivity contribution >= 4 is 27.7 Å². The Hall–Kier alpha value is -1.49. The van der Waals surface area contributed by atoms with Gasteiger partial charge in [-0.05, 0) is 12.1 Å². The lowest BCUT2D eigenvalue weighted by Gasteiger charge is -1.96. The van der Waals surface area contributed by atoms with Gasteiger partial charge in [0.1, 0.15) is 10.5 Å². The zero-order valence-corrected chi connectivity index (χ0v) is 7.67. The number of aromatic nitrogens is 2. The number of hydrogen-bond acceptors (Lipinski definition) is 5. The van der Waals surface area contributed by atoms with Gasteiger partial charge >= 0.3 is 5.97 Å². The Morgan fingerprint density at radius 1 is 1.54 bits per heavy atom. The molecule has 2 heterocycles. The molecule has 0 fully saturated rings. The molecule has 0 atom stereocenters. The first-order valence-electron chi connectivity index (χ1n) is 3.60. The molecule has 5 heteroatoms. The summed E-state index contributed by atoms with van der Waals surface area (Å²) in [5.74, 6) is -0.421. The topological polar surface area (TPSA) is 52.1 Å². The lowest BCUT2D eigenvalue weighted by atomic mass is 10.3. The van der Waals surface area contributed by atoms with Crippen LogP contribution in [0, 0.1) is 0 Å². The summed E-state index contributed by atoms with van der Waals surface area (Å²) in [6, 6.07) is 3.36. The molecule has 4 nitrogen and oxygen atoms in total. The summed E-state index contributed by atoms with van der Waals surface area (Å²) in [6.07, 6.45) is 0. The van der Waals surface area contributed by atoms with E-state index in [1.165, 1.54) is 18.4 Å². The highest BCUT2D eigenvalue weighted by Crippen LogP contribution is 2.15. The van der Waals surface area contributed by atoms with Gasteiger partial charge in [-0.15, -0.1) is 11.3 Å². The van der Waals surface area contributed by atoms with E-state index in [9.17, 15) is 4.79 Å². The monoisotopic (exact) mass is 194 g/mol. The maximum atomic E-state index is 11.1. The van der Waals surface area contributed by atoms with Crippen LogP contribution in [0.15, 0.2) is 17.6 Å². The van der Waals surface area contributed by atoms with Gasteiger partial charge in [0.05, 0.1) is 18.1 Å².